The number of nitrogens with zero attached hydrogens (tertiary/aromatic N) is 1. The summed E-state index contributed by atoms with van der Waals surface area (Å²) in [6.45, 7) is 2.62. The smallest absolute Gasteiger partial charge is 0.223 e. The number of likely N-dealkylation sites (tertiary alicyclic amines) is 1. The van der Waals surface area contributed by atoms with Crippen molar-refractivity contribution in [3.63, 3.8) is 0 Å². The first-order valence-corrected chi connectivity index (χ1v) is 4.81. The molecule has 1 aliphatic heterocycles. The number of carbonyl (C=O) groups is 1. The van der Waals surface area contributed by atoms with Gasteiger partial charge in [0.15, 0.2) is 0 Å². The summed E-state index contributed by atoms with van der Waals surface area (Å²) in [4.78, 5) is 13.2. The van der Waals surface area contributed by atoms with Crippen LogP contribution in [0.5, 0.6) is 0 Å². The van der Waals surface area contributed by atoms with Crippen LogP contribution in [0.3, 0.4) is 0 Å². The maximum absolute atomic E-state index is 11.3. The Labute approximate surface area is 78.9 Å². The molecular weight excluding hydrogens is 168 g/mol. The molecule has 13 heavy (non-hydrogen) atoms. The SMILES string of the molecule is CNCCCN1CC(CO)CC1=O. The lowest BCUT2D eigenvalue weighted by molar-refractivity contribution is -0.127. The quantitative estimate of drug-likeness (QED) is 0.566. The largest absolute Gasteiger partial charge is 0.396 e. The average Bonchev–Trinajstić information content (AvgIpc) is 2.48. The lowest BCUT2D eigenvalue weighted by atomic mass is 10.1. The molecule has 1 amide bonds. The summed E-state index contributed by atoms with van der Waals surface area (Å²) >= 11 is 0. The molecule has 76 valence electrons. The summed E-state index contributed by atoms with van der Waals surface area (Å²) in [6.07, 6.45) is 1.51. The molecule has 1 atom stereocenters. The fourth-order valence-corrected chi connectivity index (χ4v) is 1.64. The van der Waals surface area contributed by atoms with Crippen molar-refractivity contribution >= 4 is 5.91 Å². The molecule has 1 heterocycles. The Kier molecular flexibility index (Phi) is 4.18. The highest BCUT2D eigenvalue weighted by atomic mass is 16.3. The monoisotopic (exact) mass is 186 g/mol. The van der Waals surface area contributed by atoms with E-state index in [1.54, 1.807) is 0 Å². The van der Waals surface area contributed by atoms with Crippen LogP contribution in [0.15, 0.2) is 0 Å². The molecule has 0 bridgehead atoms. The number of amides is 1. The van der Waals surface area contributed by atoms with Crippen LogP contribution in [-0.4, -0.2) is 49.2 Å². The highest BCUT2D eigenvalue weighted by Gasteiger charge is 2.27. The molecule has 1 unspecified atom stereocenters. The molecule has 0 aromatic rings. The molecule has 2 N–H and O–H groups in total. The Morgan fingerprint density at radius 1 is 1.69 bits per heavy atom. The topological polar surface area (TPSA) is 52.6 Å². The van der Waals surface area contributed by atoms with Gasteiger partial charge in [-0.2, -0.15) is 0 Å². The van der Waals surface area contributed by atoms with Gasteiger partial charge in [-0.1, -0.05) is 0 Å². The fourth-order valence-electron chi connectivity index (χ4n) is 1.64. The Morgan fingerprint density at radius 3 is 3.00 bits per heavy atom. The Morgan fingerprint density at radius 2 is 2.46 bits per heavy atom. The molecule has 0 aromatic heterocycles. The van der Waals surface area contributed by atoms with Crippen LogP contribution in [0.4, 0.5) is 0 Å². The third-order valence-electron chi connectivity index (χ3n) is 2.41. The maximum Gasteiger partial charge on any atom is 0.223 e. The van der Waals surface area contributed by atoms with E-state index in [4.69, 9.17) is 5.11 Å². The van der Waals surface area contributed by atoms with Gasteiger partial charge in [-0.05, 0) is 20.0 Å². The van der Waals surface area contributed by atoms with Crippen molar-refractivity contribution < 1.29 is 9.90 Å². The number of aliphatic hydroxyl groups is 1. The average molecular weight is 186 g/mol. The van der Waals surface area contributed by atoms with Gasteiger partial charge in [-0.3, -0.25) is 4.79 Å². The van der Waals surface area contributed by atoms with E-state index in [9.17, 15) is 4.79 Å². The standard InChI is InChI=1S/C9H18N2O2/c1-10-3-2-4-11-6-8(7-12)5-9(11)13/h8,10,12H,2-7H2,1H3. The Bertz CT molecular complexity index is 173. The molecule has 1 fully saturated rings. The van der Waals surface area contributed by atoms with Crippen molar-refractivity contribution in [1.82, 2.24) is 10.2 Å². The van der Waals surface area contributed by atoms with Gasteiger partial charge in [0.05, 0.1) is 0 Å². The first kappa shape index (κ1) is 10.5. The second-order valence-electron chi connectivity index (χ2n) is 3.55. The predicted octanol–water partition coefficient (Wildman–Crippen LogP) is -0.563. The molecule has 4 nitrogen and oxygen atoms in total. The molecule has 0 saturated carbocycles. The van der Waals surface area contributed by atoms with Crippen molar-refractivity contribution in [1.29, 1.82) is 0 Å². The lowest BCUT2D eigenvalue weighted by Crippen LogP contribution is -2.28. The molecule has 1 aliphatic rings. The number of aliphatic hydroxyl groups excluding tert-OH is 1. The molecule has 0 aliphatic carbocycles. The van der Waals surface area contributed by atoms with Crippen molar-refractivity contribution in [2.75, 3.05) is 33.3 Å². The number of hydrogen-bond acceptors (Lipinski definition) is 3. The highest BCUT2D eigenvalue weighted by Crippen LogP contribution is 2.16. The first-order chi connectivity index (χ1) is 6.27. The van der Waals surface area contributed by atoms with E-state index in [2.05, 4.69) is 5.32 Å². The minimum atomic E-state index is 0.133. The molecule has 0 radical (unpaired) electrons. The van der Waals surface area contributed by atoms with Crippen molar-refractivity contribution in [3.8, 4) is 0 Å². The van der Waals surface area contributed by atoms with Gasteiger partial charge < -0.3 is 15.3 Å². The molecule has 4 heteroatoms. The number of carbonyl (C=O) groups excluding carboxylic acids is 1. The van der Waals surface area contributed by atoms with Crippen molar-refractivity contribution in [2.45, 2.75) is 12.8 Å². The number of hydrogen-bond donors (Lipinski definition) is 2. The van der Waals surface area contributed by atoms with Crippen molar-refractivity contribution in [3.05, 3.63) is 0 Å². The van der Waals surface area contributed by atoms with E-state index in [1.165, 1.54) is 0 Å². The van der Waals surface area contributed by atoms with Gasteiger partial charge in [-0.25, -0.2) is 0 Å². The van der Waals surface area contributed by atoms with Crippen LogP contribution in [0, 0.1) is 5.92 Å². The van der Waals surface area contributed by atoms with E-state index in [0.29, 0.717) is 6.42 Å². The summed E-state index contributed by atoms with van der Waals surface area (Å²) in [5.74, 6) is 0.359. The number of nitrogens with one attached hydrogen (secondary N) is 1. The van der Waals surface area contributed by atoms with Gasteiger partial charge in [0, 0.05) is 32.0 Å². The zero-order valence-electron chi connectivity index (χ0n) is 8.12. The summed E-state index contributed by atoms with van der Waals surface area (Å²) in [6, 6.07) is 0. The van der Waals surface area contributed by atoms with Gasteiger partial charge in [-0.15, -0.1) is 0 Å². The Balaban J connectivity index is 2.23. The van der Waals surface area contributed by atoms with Crippen molar-refractivity contribution in [2.24, 2.45) is 5.92 Å². The summed E-state index contributed by atoms with van der Waals surface area (Å²) in [5, 5.41) is 11.9. The third-order valence-corrected chi connectivity index (χ3v) is 2.41. The van der Waals surface area contributed by atoms with Crippen LogP contribution in [-0.2, 0) is 4.79 Å². The van der Waals surface area contributed by atoms with Crippen LogP contribution in [0.1, 0.15) is 12.8 Å². The lowest BCUT2D eigenvalue weighted by Gasteiger charge is -2.15. The Hall–Kier alpha value is -0.610. The first-order valence-electron chi connectivity index (χ1n) is 4.81. The zero-order valence-corrected chi connectivity index (χ0v) is 8.12. The van der Waals surface area contributed by atoms with E-state index in [0.717, 1.165) is 26.1 Å². The summed E-state index contributed by atoms with van der Waals surface area (Å²) in [7, 11) is 1.91. The molecule has 1 saturated heterocycles. The minimum absolute atomic E-state index is 0.133. The highest BCUT2D eigenvalue weighted by molar-refractivity contribution is 5.78. The molecule has 1 rings (SSSR count). The maximum atomic E-state index is 11.3. The van der Waals surface area contributed by atoms with Crippen LogP contribution >= 0.6 is 0 Å². The van der Waals surface area contributed by atoms with Crippen LogP contribution in [0.2, 0.25) is 0 Å². The normalized spacial score (nSPS) is 22.8. The summed E-state index contributed by atoms with van der Waals surface area (Å²) < 4.78 is 0. The van der Waals surface area contributed by atoms with E-state index in [1.807, 2.05) is 11.9 Å². The molecular formula is C9H18N2O2. The van der Waals surface area contributed by atoms with E-state index >= 15 is 0 Å². The van der Waals surface area contributed by atoms with Gasteiger partial charge in [0.2, 0.25) is 5.91 Å². The van der Waals surface area contributed by atoms with Gasteiger partial charge in [0.25, 0.3) is 0 Å². The third kappa shape index (κ3) is 2.97. The van der Waals surface area contributed by atoms with Crippen LogP contribution < -0.4 is 5.32 Å². The predicted molar refractivity (Wildman–Crippen MR) is 50.3 cm³/mol. The van der Waals surface area contributed by atoms with Gasteiger partial charge in [0.1, 0.15) is 0 Å². The van der Waals surface area contributed by atoms with Crippen LogP contribution in [0.25, 0.3) is 0 Å². The van der Waals surface area contributed by atoms with Gasteiger partial charge >= 0.3 is 0 Å². The minimum Gasteiger partial charge on any atom is -0.396 e. The van der Waals surface area contributed by atoms with E-state index < -0.39 is 0 Å². The molecule has 0 aromatic carbocycles. The fraction of sp³-hybridized carbons (Fsp3) is 0.889. The number of rotatable bonds is 5. The summed E-state index contributed by atoms with van der Waals surface area (Å²) in [5.41, 5.74) is 0. The van der Waals surface area contributed by atoms with E-state index in [-0.39, 0.29) is 18.4 Å². The zero-order chi connectivity index (χ0) is 9.68. The second kappa shape index (κ2) is 5.19. The second-order valence-corrected chi connectivity index (χ2v) is 3.55. The molecule has 0 spiro atoms.